The summed E-state index contributed by atoms with van der Waals surface area (Å²) in [5, 5.41) is 7.20. The number of carbonyl (C=O) groups is 4. The highest BCUT2D eigenvalue weighted by molar-refractivity contribution is 6.10. The second-order valence-electron chi connectivity index (χ2n) is 9.66. The molecule has 2 aromatic rings. The number of allylic oxidation sites excluding steroid dienone is 2. The molecule has 190 valence electrons. The van der Waals surface area contributed by atoms with Gasteiger partial charge in [0.15, 0.2) is 0 Å². The van der Waals surface area contributed by atoms with E-state index in [1.54, 1.807) is 42.8 Å². The number of nitrogens with zero attached hydrogens (tertiary/aromatic N) is 3. The number of aromatic nitrogens is 2. The lowest BCUT2D eigenvalue weighted by Gasteiger charge is -2.27. The van der Waals surface area contributed by atoms with Crippen LogP contribution < -0.4 is 5.32 Å². The Hall–Kier alpha value is -3.75. The predicted molar refractivity (Wildman–Crippen MR) is 133 cm³/mol. The summed E-state index contributed by atoms with van der Waals surface area (Å²) < 4.78 is 6.68. The van der Waals surface area contributed by atoms with E-state index in [1.807, 2.05) is 26.0 Å². The molecule has 0 unspecified atom stereocenters. The molecule has 3 amide bonds. The van der Waals surface area contributed by atoms with Gasteiger partial charge in [0, 0.05) is 5.69 Å². The molecule has 1 aliphatic heterocycles. The Morgan fingerprint density at radius 3 is 2.42 bits per heavy atom. The third kappa shape index (κ3) is 4.82. The van der Waals surface area contributed by atoms with Gasteiger partial charge >= 0.3 is 5.97 Å². The number of anilines is 1. The molecule has 2 heterocycles. The highest BCUT2D eigenvalue weighted by atomic mass is 16.5. The van der Waals surface area contributed by atoms with Crippen molar-refractivity contribution in [2.45, 2.75) is 53.0 Å². The topological polar surface area (TPSA) is 111 Å². The molecule has 3 atom stereocenters. The summed E-state index contributed by atoms with van der Waals surface area (Å²) in [4.78, 5) is 53.1. The Morgan fingerprint density at radius 2 is 1.81 bits per heavy atom. The van der Waals surface area contributed by atoms with Crippen LogP contribution in [-0.2, 0) is 19.1 Å². The number of rotatable bonds is 8. The molecule has 9 nitrogen and oxygen atoms in total. The third-order valence-corrected chi connectivity index (χ3v) is 6.71. The summed E-state index contributed by atoms with van der Waals surface area (Å²) in [6.07, 6.45) is 6.75. The highest BCUT2D eigenvalue weighted by Gasteiger charge is 2.51. The first kappa shape index (κ1) is 25.3. The zero-order valence-corrected chi connectivity index (χ0v) is 21.1. The van der Waals surface area contributed by atoms with Gasteiger partial charge in [-0.05, 0) is 57.2 Å². The molecule has 1 saturated heterocycles. The van der Waals surface area contributed by atoms with E-state index in [4.69, 9.17) is 4.74 Å². The summed E-state index contributed by atoms with van der Waals surface area (Å²) >= 11 is 0. The molecule has 0 radical (unpaired) electrons. The quantitative estimate of drug-likeness (QED) is 0.342. The number of fused-ring (bicyclic) bond motifs is 1. The van der Waals surface area contributed by atoms with Gasteiger partial charge in [0.05, 0.1) is 36.0 Å². The Balaban J connectivity index is 1.57. The van der Waals surface area contributed by atoms with Crippen LogP contribution in [0.4, 0.5) is 5.69 Å². The molecule has 1 aromatic heterocycles. The highest BCUT2D eigenvalue weighted by Crippen LogP contribution is 2.37. The molecule has 4 rings (SSSR count). The van der Waals surface area contributed by atoms with E-state index in [0.717, 1.165) is 0 Å². The van der Waals surface area contributed by atoms with Crippen LogP contribution in [0.3, 0.4) is 0 Å². The van der Waals surface area contributed by atoms with E-state index in [1.165, 1.54) is 11.1 Å². The van der Waals surface area contributed by atoms with Crippen LogP contribution in [0.25, 0.3) is 5.69 Å². The van der Waals surface area contributed by atoms with E-state index < -0.39 is 17.9 Å². The lowest BCUT2D eigenvalue weighted by Crippen LogP contribution is -2.48. The normalized spacial score (nSPS) is 20.0. The van der Waals surface area contributed by atoms with Crippen molar-refractivity contribution in [3.63, 3.8) is 0 Å². The minimum atomic E-state index is -0.888. The zero-order chi connectivity index (χ0) is 26.0. The van der Waals surface area contributed by atoms with Crippen LogP contribution in [0.2, 0.25) is 0 Å². The molecule has 1 aromatic carbocycles. The van der Waals surface area contributed by atoms with E-state index in [0.29, 0.717) is 41.9 Å². The summed E-state index contributed by atoms with van der Waals surface area (Å²) in [7, 11) is 0. The number of esters is 1. The zero-order valence-electron chi connectivity index (χ0n) is 21.1. The molecular formula is C27H32N4O5. The SMILES string of the molecule is CCOC(=O)c1cnn(-c2cccc(NC(=O)[C@H](CC(C)C)N3C(=O)[C@@H]4CC=CC[C@H]4C3=O)c2)c1C. The fourth-order valence-corrected chi connectivity index (χ4v) is 4.93. The van der Waals surface area contributed by atoms with Crippen LogP contribution >= 0.6 is 0 Å². The molecule has 36 heavy (non-hydrogen) atoms. The van der Waals surface area contributed by atoms with Gasteiger partial charge in [-0.3, -0.25) is 19.3 Å². The van der Waals surface area contributed by atoms with Crippen molar-refractivity contribution >= 4 is 29.4 Å². The Labute approximate surface area is 210 Å². The van der Waals surface area contributed by atoms with E-state index in [2.05, 4.69) is 10.4 Å². The monoisotopic (exact) mass is 492 g/mol. The first-order valence-corrected chi connectivity index (χ1v) is 12.4. The van der Waals surface area contributed by atoms with Crippen molar-refractivity contribution in [1.29, 1.82) is 0 Å². The molecule has 1 fully saturated rings. The van der Waals surface area contributed by atoms with Gasteiger partial charge in [0.2, 0.25) is 17.7 Å². The summed E-state index contributed by atoms with van der Waals surface area (Å²) in [6, 6.07) is 6.15. The summed E-state index contributed by atoms with van der Waals surface area (Å²) in [5.74, 6) is -2.04. The van der Waals surface area contributed by atoms with Crippen LogP contribution in [0.15, 0.2) is 42.6 Å². The fourth-order valence-electron chi connectivity index (χ4n) is 4.93. The van der Waals surface area contributed by atoms with Gasteiger partial charge in [-0.1, -0.05) is 32.1 Å². The smallest absolute Gasteiger partial charge is 0.341 e. The van der Waals surface area contributed by atoms with E-state index in [-0.39, 0.29) is 36.2 Å². The maximum Gasteiger partial charge on any atom is 0.341 e. The number of carbonyl (C=O) groups excluding carboxylic acids is 4. The lowest BCUT2D eigenvalue weighted by molar-refractivity contribution is -0.147. The van der Waals surface area contributed by atoms with Gasteiger partial charge in [0.1, 0.15) is 11.6 Å². The number of hydrogen-bond acceptors (Lipinski definition) is 6. The average molecular weight is 493 g/mol. The first-order chi connectivity index (χ1) is 17.2. The van der Waals surface area contributed by atoms with Gasteiger partial charge in [-0.15, -0.1) is 0 Å². The largest absolute Gasteiger partial charge is 0.462 e. The number of imide groups is 1. The minimum absolute atomic E-state index is 0.0986. The molecule has 0 saturated carbocycles. The molecule has 0 bridgehead atoms. The number of nitrogens with one attached hydrogen (secondary N) is 1. The lowest BCUT2D eigenvalue weighted by atomic mass is 9.85. The number of amides is 3. The number of hydrogen-bond donors (Lipinski definition) is 1. The first-order valence-electron chi connectivity index (χ1n) is 12.4. The average Bonchev–Trinajstić information content (AvgIpc) is 3.35. The number of likely N-dealkylation sites (tertiary alicyclic amines) is 1. The molecule has 9 heteroatoms. The van der Waals surface area contributed by atoms with Crippen molar-refractivity contribution in [2.24, 2.45) is 17.8 Å². The Bertz CT molecular complexity index is 1190. The Kier molecular flexibility index (Phi) is 7.37. The third-order valence-electron chi connectivity index (χ3n) is 6.71. The van der Waals surface area contributed by atoms with Gasteiger partial charge in [-0.25, -0.2) is 9.48 Å². The predicted octanol–water partition coefficient (Wildman–Crippen LogP) is 3.66. The number of ether oxygens (including phenoxy) is 1. The molecule has 1 aliphatic carbocycles. The number of benzene rings is 1. The van der Waals surface area contributed by atoms with E-state index >= 15 is 0 Å². The van der Waals surface area contributed by atoms with Crippen molar-refractivity contribution in [1.82, 2.24) is 14.7 Å². The molecular weight excluding hydrogens is 460 g/mol. The standard InChI is InChI=1S/C27H32N4O5/c1-5-36-27(35)22-15-28-31(17(22)4)19-10-8-9-18(14-19)29-24(32)23(13-16(2)3)30-25(33)20-11-6-7-12-21(20)26(30)34/h6-10,14-16,20-21,23H,5,11-13H2,1-4H3,(H,29,32)/t20-,21-,23+/m1/s1. The van der Waals surface area contributed by atoms with Gasteiger partial charge < -0.3 is 10.1 Å². The van der Waals surface area contributed by atoms with Crippen LogP contribution in [0, 0.1) is 24.7 Å². The van der Waals surface area contributed by atoms with Crippen LogP contribution in [-0.4, -0.2) is 51.0 Å². The maximum atomic E-state index is 13.5. The van der Waals surface area contributed by atoms with Gasteiger partial charge in [-0.2, -0.15) is 5.10 Å². The van der Waals surface area contributed by atoms with Crippen molar-refractivity contribution in [2.75, 3.05) is 11.9 Å². The van der Waals surface area contributed by atoms with Crippen LogP contribution in [0.5, 0.6) is 0 Å². The maximum absolute atomic E-state index is 13.5. The molecule has 1 N–H and O–H groups in total. The Morgan fingerprint density at radius 1 is 1.14 bits per heavy atom. The molecule has 0 spiro atoms. The van der Waals surface area contributed by atoms with E-state index in [9.17, 15) is 19.2 Å². The molecule has 2 aliphatic rings. The summed E-state index contributed by atoms with van der Waals surface area (Å²) in [5.41, 5.74) is 2.12. The van der Waals surface area contributed by atoms with Crippen molar-refractivity contribution in [3.05, 3.63) is 53.9 Å². The second-order valence-corrected chi connectivity index (χ2v) is 9.66. The van der Waals surface area contributed by atoms with Crippen LogP contribution in [0.1, 0.15) is 56.1 Å². The minimum Gasteiger partial charge on any atom is -0.462 e. The van der Waals surface area contributed by atoms with Crippen molar-refractivity contribution in [3.8, 4) is 5.69 Å². The van der Waals surface area contributed by atoms with Crippen molar-refractivity contribution < 1.29 is 23.9 Å². The van der Waals surface area contributed by atoms with Gasteiger partial charge in [0.25, 0.3) is 0 Å². The fraction of sp³-hybridized carbons (Fsp3) is 0.444. The summed E-state index contributed by atoms with van der Waals surface area (Å²) in [6.45, 7) is 7.69. The second kappa shape index (κ2) is 10.5.